The number of ether oxygens (including phenoxy) is 2. The van der Waals surface area contributed by atoms with Crippen molar-refractivity contribution in [2.24, 2.45) is 5.41 Å². The van der Waals surface area contributed by atoms with Gasteiger partial charge in [-0.3, -0.25) is 24.3 Å². The van der Waals surface area contributed by atoms with Gasteiger partial charge in [0.2, 0.25) is 5.78 Å². The van der Waals surface area contributed by atoms with Crippen molar-refractivity contribution < 1.29 is 33.8 Å². The van der Waals surface area contributed by atoms with Crippen molar-refractivity contribution in [3.05, 3.63) is 102 Å². The van der Waals surface area contributed by atoms with Gasteiger partial charge in [0.05, 0.1) is 29.0 Å². The summed E-state index contributed by atoms with van der Waals surface area (Å²) in [5.74, 6) is -0.705. The Bertz CT molecular complexity index is 2070. The van der Waals surface area contributed by atoms with Crippen LogP contribution in [0.25, 0.3) is 0 Å². The minimum Gasteiger partial charge on any atom is -0.490 e. The molecular formula is C41H41N5O7. The molecule has 4 aliphatic rings. The maximum atomic E-state index is 14.1. The van der Waals surface area contributed by atoms with E-state index in [0.717, 1.165) is 23.5 Å². The predicted molar refractivity (Wildman–Crippen MR) is 198 cm³/mol. The van der Waals surface area contributed by atoms with E-state index in [1.807, 2.05) is 48.2 Å². The number of para-hydroxylation sites is 2. The van der Waals surface area contributed by atoms with Crippen molar-refractivity contribution in [3.63, 3.8) is 0 Å². The van der Waals surface area contributed by atoms with Crippen molar-refractivity contribution in [1.29, 1.82) is 0 Å². The van der Waals surface area contributed by atoms with Gasteiger partial charge in [-0.15, -0.1) is 0 Å². The average molecular weight is 716 g/mol. The number of carboxylic acids is 1. The molecular weight excluding hydrogens is 674 g/mol. The first-order chi connectivity index (χ1) is 25.7. The van der Waals surface area contributed by atoms with E-state index < -0.39 is 17.3 Å². The van der Waals surface area contributed by atoms with E-state index in [4.69, 9.17) is 9.47 Å². The number of Topliss-reactive ketones (excluding diaryl/α,β-unsaturated/α-hetero) is 1. The van der Waals surface area contributed by atoms with Crippen LogP contribution in [-0.4, -0.2) is 83.9 Å². The number of likely N-dealkylation sites (tertiary alicyclic amines) is 1. The van der Waals surface area contributed by atoms with Crippen molar-refractivity contribution >= 4 is 40.6 Å². The Balaban J connectivity index is 0.945. The van der Waals surface area contributed by atoms with Crippen LogP contribution in [0.4, 0.5) is 17.1 Å². The molecule has 3 aliphatic heterocycles. The molecule has 4 aromatic rings. The smallest absolute Gasteiger partial charge is 0.335 e. The van der Waals surface area contributed by atoms with E-state index in [9.17, 15) is 24.3 Å². The fourth-order valence-electron chi connectivity index (χ4n) is 7.83. The summed E-state index contributed by atoms with van der Waals surface area (Å²) < 4.78 is 12.5. The minimum absolute atomic E-state index is 0.124. The maximum absolute atomic E-state index is 14.1. The van der Waals surface area contributed by atoms with Crippen LogP contribution in [0.3, 0.4) is 0 Å². The number of hydrogen-bond acceptors (Lipinski definition) is 9. The molecule has 0 bridgehead atoms. The number of hydrogen-bond donors (Lipinski definition) is 1. The van der Waals surface area contributed by atoms with Gasteiger partial charge in [-0.25, -0.2) is 4.79 Å². The molecule has 1 saturated carbocycles. The van der Waals surface area contributed by atoms with Gasteiger partial charge in [0.15, 0.2) is 11.5 Å². The molecule has 1 N–H and O–H groups in total. The van der Waals surface area contributed by atoms with Gasteiger partial charge in [-0.2, -0.15) is 0 Å². The highest BCUT2D eigenvalue weighted by Gasteiger charge is 2.53. The Morgan fingerprint density at radius 2 is 1.64 bits per heavy atom. The zero-order valence-corrected chi connectivity index (χ0v) is 29.6. The van der Waals surface area contributed by atoms with Crippen molar-refractivity contribution in [1.82, 2.24) is 9.88 Å². The van der Waals surface area contributed by atoms with Crippen LogP contribution < -0.4 is 24.2 Å². The number of anilines is 3. The first kappa shape index (κ1) is 34.3. The Labute approximate surface area is 307 Å². The molecule has 2 amide bonds. The second-order valence-electron chi connectivity index (χ2n) is 14.2. The van der Waals surface area contributed by atoms with E-state index in [0.29, 0.717) is 80.2 Å². The lowest BCUT2D eigenvalue weighted by Crippen LogP contribution is -2.45. The summed E-state index contributed by atoms with van der Waals surface area (Å²) in [7, 11) is 0. The number of ketones is 1. The lowest BCUT2D eigenvalue weighted by atomic mass is 9.76. The van der Waals surface area contributed by atoms with Gasteiger partial charge >= 0.3 is 5.97 Å². The molecule has 0 radical (unpaired) electrons. The third-order valence-corrected chi connectivity index (χ3v) is 10.8. The monoisotopic (exact) mass is 715 g/mol. The molecule has 1 aliphatic carbocycles. The quantitative estimate of drug-likeness (QED) is 0.201. The van der Waals surface area contributed by atoms with Gasteiger partial charge in [0.25, 0.3) is 11.8 Å². The molecule has 2 saturated heterocycles. The normalized spacial score (nSPS) is 18.3. The van der Waals surface area contributed by atoms with E-state index in [2.05, 4.69) is 20.9 Å². The molecule has 272 valence electrons. The van der Waals surface area contributed by atoms with Gasteiger partial charge in [-0.05, 0) is 106 Å². The molecule has 3 aromatic carbocycles. The van der Waals surface area contributed by atoms with Gasteiger partial charge in [0, 0.05) is 50.3 Å². The lowest BCUT2D eigenvalue weighted by Gasteiger charge is -2.38. The second-order valence-corrected chi connectivity index (χ2v) is 14.2. The fourth-order valence-corrected chi connectivity index (χ4v) is 7.83. The SMILES string of the molecule is CCOc1cc(CN2CCC3(CC2)CN(c2ccc(C(=O)O)cc2)C(=O)C3=O)ccc1Oc1ccncc1C(=O)N1CCN(C2CC2)c2ccccc21. The summed E-state index contributed by atoms with van der Waals surface area (Å²) >= 11 is 0. The largest absolute Gasteiger partial charge is 0.490 e. The molecule has 12 heteroatoms. The summed E-state index contributed by atoms with van der Waals surface area (Å²) in [5, 5.41) is 9.23. The number of carbonyl (C=O) groups is 4. The topological polar surface area (TPSA) is 133 Å². The summed E-state index contributed by atoms with van der Waals surface area (Å²) in [5.41, 5.74) is 3.22. The maximum Gasteiger partial charge on any atom is 0.335 e. The number of aromatic nitrogens is 1. The number of benzene rings is 3. The second kappa shape index (κ2) is 14.0. The van der Waals surface area contributed by atoms with Gasteiger partial charge < -0.3 is 29.3 Å². The van der Waals surface area contributed by atoms with E-state index in [1.54, 1.807) is 30.6 Å². The summed E-state index contributed by atoms with van der Waals surface area (Å²) in [4.78, 5) is 64.0. The molecule has 12 nitrogen and oxygen atoms in total. The third-order valence-electron chi connectivity index (χ3n) is 10.8. The number of pyridine rings is 1. The Morgan fingerprint density at radius 3 is 2.36 bits per heavy atom. The molecule has 4 heterocycles. The lowest BCUT2D eigenvalue weighted by molar-refractivity contribution is -0.139. The first-order valence-electron chi connectivity index (χ1n) is 18.2. The number of rotatable bonds is 10. The van der Waals surface area contributed by atoms with Crippen LogP contribution in [0, 0.1) is 5.41 Å². The zero-order chi connectivity index (χ0) is 36.7. The highest BCUT2D eigenvalue weighted by molar-refractivity contribution is 6.45. The number of fused-ring (bicyclic) bond motifs is 1. The summed E-state index contributed by atoms with van der Waals surface area (Å²) in [6.07, 6.45) is 6.61. The van der Waals surface area contributed by atoms with Gasteiger partial charge in [0.1, 0.15) is 11.3 Å². The van der Waals surface area contributed by atoms with E-state index in [-0.39, 0.29) is 23.8 Å². The Hall–Kier alpha value is -5.75. The highest BCUT2D eigenvalue weighted by atomic mass is 16.5. The molecule has 1 spiro atoms. The molecule has 53 heavy (non-hydrogen) atoms. The number of amides is 2. The average Bonchev–Trinajstić information content (AvgIpc) is 4.00. The molecule has 3 fully saturated rings. The Morgan fingerprint density at radius 1 is 0.887 bits per heavy atom. The van der Waals surface area contributed by atoms with Crippen LogP contribution in [0.15, 0.2) is 85.2 Å². The van der Waals surface area contributed by atoms with Crippen molar-refractivity contribution in [3.8, 4) is 17.2 Å². The van der Waals surface area contributed by atoms with Crippen LogP contribution in [0.1, 0.15) is 58.9 Å². The number of aromatic carboxylic acids is 1. The number of carboxylic acid groups (broad SMARTS) is 1. The molecule has 8 rings (SSSR count). The van der Waals surface area contributed by atoms with Crippen molar-refractivity contribution in [2.75, 3.05) is 54.0 Å². The summed E-state index contributed by atoms with van der Waals surface area (Å²) in [6.45, 7) is 5.84. The number of piperidine rings is 1. The van der Waals surface area contributed by atoms with Crippen LogP contribution in [0.5, 0.6) is 17.2 Å². The van der Waals surface area contributed by atoms with E-state index in [1.165, 1.54) is 29.9 Å². The standard InChI is InChI=1S/C41H41N5O7/c1-2-52-36-23-27(25-43-19-16-41(17-20-43)26-46(39(49)37(41)47)30-10-8-28(9-11-30)40(50)51)7-14-35(36)53-34-15-18-42-24-31(34)38(48)45-22-21-44(29-12-13-29)32-5-3-4-6-33(32)45/h3-11,14-15,18,23-24,29H,2,12-13,16-17,19-22,25-26H2,1H3,(H,50,51). The summed E-state index contributed by atoms with van der Waals surface area (Å²) in [6, 6.07) is 22.1. The van der Waals surface area contributed by atoms with Crippen molar-refractivity contribution in [2.45, 2.75) is 45.2 Å². The first-order valence-corrected chi connectivity index (χ1v) is 18.2. The highest BCUT2D eigenvalue weighted by Crippen LogP contribution is 2.43. The number of carbonyl (C=O) groups excluding carboxylic acids is 3. The van der Waals surface area contributed by atoms with Crippen LogP contribution in [-0.2, 0) is 16.1 Å². The van der Waals surface area contributed by atoms with Crippen LogP contribution in [0.2, 0.25) is 0 Å². The zero-order valence-electron chi connectivity index (χ0n) is 29.6. The molecule has 0 atom stereocenters. The molecule has 0 unspecified atom stereocenters. The minimum atomic E-state index is -1.05. The van der Waals surface area contributed by atoms with Crippen LogP contribution >= 0.6 is 0 Å². The van der Waals surface area contributed by atoms with Gasteiger partial charge in [-0.1, -0.05) is 18.2 Å². The predicted octanol–water partition coefficient (Wildman–Crippen LogP) is 5.80. The van der Waals surface area contributed by atoms with E-state index >= 15 is 0 Å². The molecule has 1 aromatic heterocycles. The third kappa shape index (κ3) is 6.59. The number of nitrogens with zero attached hydrogens (tertiary/aromatic N) is 5. The fraction of sp³-hybridized carbons (Fsp3) is 0.341. The Kier molecular flexibility index (Phi) is 9.07.